The number of rotatable bonds is 3. The standard InChI is InChI=1S/C10H11F2NO3/c1-3-16-10(15)7-5(2)4-6(14)13-8(7)9(11)12/h4,9H,3H2,1-2H3,(H,13,14). The van der Waals surface area contributed by atoms with E-state index >= 15 is 0 Å². The first-order valence-electron chi connectivity index (χ1n) is 4.66. The van der Waals surface area contributed by atoms with Crippen LogP contribution in [0.5, 0.6) is 0 Å². The fourth-order valence-electron chi connectivity index (χ4n) is 1.35. The first-order valence-corrected chi connectivity index (χ1v) is 4.66. The second kappa shape index (κ2) is 4.87. The van der Waals surface area contributed by atoms with E-state index in [4.69, 9.17) is 0 Å². The molecule has 1 heterocycles. The molecule has 1 aromatic heterocycles. The van der Waals surface area contributed by atoms with Gasteiger partial charge in [-0.1, -0.05) is 0 Å². The van der Waals surface area contributed by atoms with Crippen LogP contribution in [-0.2, 0) is 4.74 Å². The maximum Gasteiger partial charge on any atom is 0.340 e. The van der Waals surface area contributed by atoms with E-state index in [1.54, 1.807) is 6.92 Å². The van der Waals surface area contributed by atoms with Gasteiger partial charge in [-0.15, -0.1) is 0 Å². The maximum atomic E-state index is 12.6. The molecule has 1 rings (SSSR count). The van der Waals surface area contributed by atoms with Gasteiger partial charge in [-0.2, -0.15) is 0 Å². The molecule has 1 aromatic rings. The number of hydrogen-bond acceptors (Lipinski definition) is 3. The minimum Gasteiger partial charge on any atom is -0.462 e. The molecule has 0 aromatic carbocycles. The van der Waals surface area contributed by atoms with E-state index in [9.17, 15) is 18.4 Å². The Morgan fingerprint density at radius 3 is 2.69 bits per heavy atom. The van der Waals surface area contributed by atoms with Crippen molar-refractivity contribution in [2.75, 3.05) is 6.61 Å². The molecule has 0 aliphatic heterocycles. The lowest BCUT2D eigenvalue weighted by molar-refractivity contribution is 0.0512. The summed E-state index contributed by atoms with van der Waals surface area (Å²) in [5, 5.41) is 0. The monoisotopic (exact) mass is 231 g/mol. The highest BCUT2D eigenvalue weighted by Gasteiger charge is 2.22. The van der Waals surface area contributed by atoms with Crippen LogP contribution in [0, 0.1) is 6.92 Å². The number of alkyl halides is 2. The number of aromatic amines is 1. The van der Waals surface area contributed by atoms with E-state index in [0.717, 1.165) is 6.07 Å². The average Bonchev–Trinajstić information content (AvgIpc) is 2.16. The molecule has 0 aliphatic carbocycles. The van der Waals surface area contributed by atoms with E-state index in [-0.39, 0.29) is 17.7 Å². The van der Waals surface area contributed by atoms with E-state index < -0.39 is 23.6 Å². The van der Waals surface area contributed by atoms with Gasteiger partial charge in [0.15, 0.2) is 0 Å². The molecular formula is C10H11F2NO3. The van der Waals surface area contributed by atoms with Crippen LogP contribution >= 0.6 is 0 Å². The number of carbonyl (C=O) groups is 1. The smallest absolute Gasteiger partial charge is 0.340 e. The van der Waals surface area contributed by atoms with Gasteiger partial charge in [0.2, 0.25) is 5.56 Å². The van der Waals surface area contributed by atoms with Crippen LogP contribution in [0.2, 0.25) is 0 Å². The summed E-state index contributed by atoms with van der Waals surface area (Å²) in [4.78, 5) is 24.4. The molecule has 0 aliphatic rings. The zero-order valence-corrected chi connectivity index (χ0v) is 8.84. The second-order valence-electron chi connectivity index (χ2n) is 3.13. The van der Waals surface area contributed by atoms with Crippen molar-refractivity contribution in [3.8, 4) is 0 Å². The molecule has 0 radical (unpaired) electrons. The fraction of sp³-hybridized carbons (Fsp3) is 0.400. The van der Waals surface area contributed by atoms with Crippen LogP contribution in [0.3, 0.4) is 0 Å². The van der Waals surface area contributed by atoms with Gasteiger partial charge >= 0.3 is 5.97 Å². The van der Waals surface area contributed by atoms with Gasteiger partial charge in [0, 0.05) is 6.07 Å². The van der Waals surface area contributed by atoms with Crippen molar-refractivity contribution in [3.63, 3.8) is 0 Å². The Morgan fingerprint density at radius 1 is 1.56 bits per heavy atom. The summed E-state index contributed by atoms with van der Waals surface area (Å²) in [6.07, 6.45) is -2.92. The lowest BCUT2D eigenvalue weighted by Crippen LogP contribution is -2.18. The van der Waals surface area contributed by atoms with Crippen LogP contribution in [-0.4, -0.2) is 17.6 Å². The summed E-state index contributed by atoms with van der Waals surface area (Å²) in [6, 6.07) is 1.08. The van der Waals surface area contributed by atoms with E-state index in [1.807, 2.05) is 4.98 Å². The third kappa shape index (κ3) is 2.44. The molecule has 16 heavy (non-hydrogen) atoms. The number of halogens is 2. The summed E-state index contributed by atoms with van der Waals surface area (Å²) in [5.41, 5.74) is -1.45. The van der Waals surface area contributed by atoms with Gasteiger partial charge < -0.3 is 9.72 Å². The number of ether oxygens (including phenoxy) is 1. The molecular weight excluding hydrogens is 220 g/mol. The lowest BCUT2D eigenvalue weighted by Gasteiger charge is -2.10. The van der Waals surface area contributed by atoms with Crippen molar-refractivity contribution in [1.29, 1.82) is 0 Å². The van der Waals surface area contributed by atoms with Gasteiger partial charge in [0.05, 0.1) is 17.9 Å². The Hall–Kier alpha value is -1.72. The average molecular weight is 231 g/mol. The van der Waals surface area contributed by atoms with E-state index in [0.29, 0.717) is 0 Å². The second-order valence-corrected chi connectivity index (χ2v) is 3.13. The van der Waals surface area contributed by atoms with Gasteiger partial charge in [-0.25, -0.2) is 13.6 Å². The Bertz CT molecular complexity index is 454. The van der Waals surface area contributed by atoms with Crippen LogP contribution in [0.4, 0.5) is 8.78 Å². The third-order valence-electron chi connectivity index (χ3n) is 1.97. The molecule has 0 amide bonds. The maximum absolute atomic E-state index is 12.6. The number of aryl methyl sites for hydroxylation is 1. The van der Waals surface area contributed by atoms with E-state index in [2.05, 4.69) is 4.74 Å². The topological polar surface area (TPSA) is 59.2 Å². The molecule has 0 fully saturated rings. The summed E-state index contributed by atoms with van der Waals surface area (Å²) < 4.78 is 29.9. The summed E-state index contributed by atoms with van der Waals surface area (Å²) in [5.74, 6) is -0.855. The molecule has 1 N–H and O–H groups in total. The quantitative estimate of drug-likeness (QED) is 0.807. The minimum atomic E-state index is -2.92. The number of carbonyl (C=O) groups excluding carboxylic acids is 1. The fourth-order valence-corrected chi connectivity index (χ4v) is 1.35. The molecule has 0 spiro atoms. The van der Waals surface area contributed by atoms with E-state index in [1.165, 1.54) is 6.92 Å². The molecule has 0 saturated carbocycles. The molecule has 6 heteroatoms. The molecule has 88 valence electrons. The van der Waals surface area contributed by atoms with Crippen LogP contribution in [0.15, 0.2) is 10.9 Å². The number of hydrogen-bond donors (Lipinski definition) is 1. The van der Waals surface area contributed by atoms with Crippen molar-refractivity contribution >= 4 is 5.97 Å². The van der Waals surface area contributed by atoms with Crippen molar-refractivity contribution in [2.24, 2.45) is 0 Å². The minimum absolute atomic E-state index is 0.0834. The molecule has 0 unspecified atom stereocenters. The van der Waals surface area contributed by atoms with Crippen molar-refractivity contribution in [1.82, 2.24) is 4.98 Å². The van der Waals surface area contributed by atoms with Crippen molar-refractivity contribution < 1.29 is 18.3 Å². The number of esters is 1. The van der Waals surface area contributed by atoms with Crippen LogP contribution < -0.4 is 5.56 Å². The summed E-state index contributed by atoms with van der Waals surface area (Å²) in [7, 11) is 0. The molecule has 0 saturated heterocycles. The normalized spacial score (nSPS) is 10.6. The predicted octanol–water partition coefficient (Wildman–Crippen LogP) is 1.80. The van der Waals surface area contributed by atoms with Crippen molar-refractivity contribution in [3.05, 3.63) is 33.2 Å². The zero-order valence-electron chi connectivity index (χ0n) is 8.84. The highest BCUT2D eigenvalue weighted by atomic mass is 19.3. The number of aromatic nitrogens is 1. The van der Waals surface area contributed by atoms with Gasteiger partial charge in [0.1, 0.15) is 0 Å². The Balaban J connectivity index is 3.35. The zero-order chi connectivity index (χ0) is 12.3. The van der Waals surface area contributed by atoms with Gasteiger partial charge in [0.25, 0.3) is 6.43 Å². The third-order valence-corrected chi connectivity index (χ3v) is 1.97. The highest BCUT2D eigenvalue weighted by molar-refractivity contribution is 5.92. The predicted molar refractivity (Wildman–Crippen MR) is 52.7 cm³/mol. The Labute approximate surface area is 90.2 Å². The first-order chi connectivity index (χ1) is 7.47. The molecule has 4 nitrogen and oxygen atoms in total. The number of nitrogens with one attached hydrogen (secondary N) is 1. The Kier molecular flexibility index (Phi) is 3.76. The van der Waals surface area contributed by atoms with Crippen LogP contribution in [0.25, 0.3) is 0 Å². The van der Waals surface area contributed by atoms with Crippen molar-refractivity contribution in [2.45, 2.75) is 20.3 Å². The van der Waals surface area contributed by atoms with Crippen LogP contribution in [0.1, 0.15) is 35.0 Å². The highest BCUT2D eigenvalue weighted by Crippen LogP contribution is 2.22. The lowest BCUT2D eigenvalue weighted by atomic mass is 10.1. The summed E-state index contributed by atoms with van der Waals surface area (Å²) in [6.45, 7) is 3.06. The molecule has 0 bridgehead atoms. The SMILES string of the molecule is CCOC(=O)c1c(C)cc(=O)[nH]c1C(F)F. The molecule has 0 atom stereocenters. The Morgan fingerprint density at radius 2 is 2.19 bits per heavy atom. The number of H-pyrrole nitrogens is 1. The van der Waals surface area contributed by atoms with Gasteiger partial charge in [-0.3, -0.25) is 4.79 Å². The first kappa shape index (κ1) is 12.4. The van der Waals surface area contributed by atoms with Gasteiger partial charge in [-0.05, 0) is 19.4 Å². The number of pyridine rings is 1. The summed E-state index contributed by atoms with van der Waals surface area (Å²) >= 11 is 0. The largest absolute Gasteiger partial charge is 0.462 e.